The van der Waals surface area contributed by atoms with E-state index in [1.54, 1.807) is 23.7 Å². The van der Waals surface area contributed by atoms with E-state index in [2.05, 4.69) is 15.0 Å². The number of hydrogen-bond acceptors (Lipinski definition) is 7. The fourth-order valence-corrected chi connectivity index (χ4v) is 4.29. The van der Waals surface area contributed by atoms with Crippen molar-refractivity contribution in [3.63, 3.8) is 0 Å². The van der Waals surface area contributed by atoms with E-state index < -0.39 is 11.9 Å². The van der Waals surface area contributed by atoms with Crippen molar-refractivity contribution in [1.29, 1.82) is 0 Å². The van der Waals surface area contributed by atoms with E-state index in [1.807, 2.05) is 6.92 Å². The summed E-state index contributed by atoms with van der Waals surface area (Å²) in [6.45, 7) is 5.81. The van der Waals surface area contributed by atoms with Gasteiger partial charge in [-0.3, -0.25) is 0 Å². The van der Waals surface area contributed by atoms with E-state index >= 15 is 4.39 Å². The highest BCUT2D eigenvalue weighted by molar-refractivity contribution is 5.99. The van der Waals surface area contributed by atoms with Crippen molar-refractivity contribution in [2.45, 2.75) is 51.5 Å². The van der Waals surface area contributed by atoms with Crippen LogP contribution in [0.4, 0.5) is 10.2 Å². The molecule has 3 atom stereocenters. The van der Waals surface area contributed by atoms with Crippen LogP contribution in [0.25, 0.3) is 11.3 Å². The number of pyridine rings is 1. The van der Waals surface area contributed by atoms with Crippen LogP contribution in [0, 0.1) is 5.95 Å². The van der Waals surface area contributed by atoms with E-state index in [0.717, 1.165) is 19.4 Å². The Morgan fingerprint density at radius 3 is 2.97 bits per heavy atom. The molecule has 3 aliphatic rings. The molecule has 154 valence electrons. The number of aromatic nitrogens is 3. The molecular weight excluding hydrogens is 379 g/mol. The molecule has 5 rings (SSSR count). The lowest BCUT2D eigenvalue weighted by Gasteiger charge is -2.27. The number of ether oxygens (including phenoxy) is 3. The first-order valence-corrected chi connectivity index (χ1v) is 10.0. The Bertz CT molecular complexity index is 962. The van der Waals surface area contributed by atoms with Crippen molar-refractivity contribution < 1.29 is 23.4 Å². The average Bonchev–Trinajstić information content (AvgIpc) is 3.41. The Balaban J connectivity index is 1.54. The lowest BCUT2D eigenvalue weighted by molar-refractivity contribution is 0.0515. The molecule has 2 saturated heterocycles. The number of esters is 1. The summed E-state index contributed by atoms with van der Waals surface area (Å²) in [7, 11) is 0. The number of carbonyl (C=O) groups is 1. The van der Waals surface area contributed by atoms with Crippen LogP contribution in [0.3, 0.4) is 0 Å². The Morgan fingerprint density at radius 1 is 1.41 bits per heavy atom. The summed E-state index contributed by atoms with van der Waals surface area (Å²) in [4.78, 5) is 18.9. The minimum absolute atomic E-state index is 0.0571. The Kier molecular flexibility index (Phi) is 4.42. The topological polar surface area (TPSA) is 78.7 Å². The molecule has 3 aliphatic heterocycles. The second-order valence-corrected chi connectivity index (χ2v) is 7.69. The van der Waals surface area contributed by atoms with Gasteiger partial charge in [0.2, 0.25) is 11.8 Å². The summed E-state index contributed by atoms with van der Waals surface area (Å²) in [5.41, 5.74) is 0.520. The number of carbonyl (C=O) groups excluding carboxylic acids is 1. The smallest absolute Gasteiger partial charge is 0.345 e. The Morgan fingerprint density at radius 2 is 2.28 bits per heavy atom. The largest absolute Gasteiger partial charge is 0.474 e. The van der Waals surface area contributed by atoms with Crippen molar-refractivity contribution >= 4 is 11.8 Å². The van der Waals surface area contributed by atoms with Gasteiger partial charge in [0, 0.05) is 19.5 Å². The molecule has 0 N–H and O–H groups in total. The van der Waals surface area contributed by atoms with Crippen LogP contribution < -0.4 is 9.64 Å². The van der Waals surface area contributed by atoms with Crippen LogP contribution in [0.2, 0.25) is 0 Å². The predicted molar refractivity (Wildman–Crippen MR) is 102 cm³/mol. The van der Waals surface area contributed by atoms with Crippen molar-refractivity contribution in [2.24, 2.45) is 0 Å². The highest BCUT2D eigenvalue weighted by Gasteiger charge is 2.40. The molecule has 29 heavy (non-hydrogen) atoms. The zero-order valence-electron chi connectivity index (χ0n) is 16.4. The van der Waals surface area contributed by atoms with Crippen LogP contribution in [0.5, 0.6) is 5.88 Å². The van der Waals surface area contributed by atoms with Gasteiger partial charge in [-0.05, 0) is 32.4 Å². The highest BCUT2D eigenvalue weighted by atomic mass is 19.1. The van der Waals surface area contributed by atoms with E-state index in [9.17, 15) is 4.79 Å². The second kappa shape index (κ2) is 6.98. The maximum atomic E-state index is 15.1. The van der Waals surface area contributed by atoms with Gasteiger partial charge >= 0.3 is 5.97 Å². The summed E-state index contributed by atoms with van der Waals surface area (Å²) >= 11 is 0. The quantitative estimate of drug-likeness (QED) is 0.574. The molecule has 9 heteroatoms. The van der Waals surface area contributed by atoms with Gasteiger partial charge in [-0.2, -0.15) is 9.49 Å². The third-order valence-corrected chi connectivity index (χ3v) is 5.73. The fourth-order valence-electron chi connectivity index (χ4n) is 4.29. The molecule has 0 amide bonds. The van der Waals surface area contributed by atoms with E-state index in [0.29, 0.717) is 24.8 Å². The van der Waals surface area contributed by atoms with Crippen molar-refractivity contribution in [2.75, 3.05) is 24.7 Å². The van der Waals surface area contributed by atoms with Gasteiger partial charge < -0.3 is 19.1 Å². The van der Waals surface area contributed by atoms with E-state index in [1.165, 1.54) is 0 Å². The summed E-state index contributed by atoms with van der Waals surface area (Å²) in [6.07, 6.45) is 1.84. The fraction of sp³-hybridized carbons (Fsp3) is 0.550. The maximum Gasteiger partial charge on any atom is 0.345 e. The minimum Gasteiger partial charge on any atom is -0.474 e. The molecule has 2 aromatic heterocycles. The normalized spacial score (nSPS) is 25.1. The summed E-state index contributed by atoms with van der Waals surface area (Å²) < 4.78 is 33.3. The molecule has 0 unspecified atom stereocenters. The molecule has 0 radical (unpaired) electrons. The van der Waals surface area contributed by atoms with Crippen LogP contribution in [0.15, 0.2) is 12.1 Å². The van der Waals surface area contributed by atoms with Gasteiger partial charge in [-0.1, -0.05) is 0 Å². The molecule has 2 aromatic rings. The number of fused-ring (bicyclic) bond motifs is 3. The lowest BCUT2D eigenvalue weighted by Crippen LogP contribution is -2.37. The Hall–Kier alpha value is -2.68. The zero-order chi connectivity index (χ0) is 20.1. The zero-order valence-corrected chi connectivity index (χ0v) is 16.4. The minimum atomic E-state index is -0.666. The molecule has 0 saturated carbocycles. The first kappa shape index (κ1) is 18.4. The van der Waals surface area contributed by atoms with Crippen LogP contribution >= 0.6 is 0 Å². The van der Waals surface area contributed by atoms with Gasteiger partial charge in [0.05, 0.1) is 37.0 Å². The number of anilines is 1. The highest BCUT2D eigenvalue weighted by Crippen LogP contribution is 2.37. The Labute approximate surface area is 167 Å². The summed E-state index contributed by atoms with van der Waals surface area (Å²) in [6, 6.07) is 3.64. The average molecular weight is 402 g/mol. The summed E-state index contributed by atoms with van der Waals surface area (Å²) in [5, 5.41) is 4.46. The number of morpholine rings is 1. The molecule has 2 fully saturated rings. The van der Waals surface area contributed by atoms with Crippen LogP contribution in [-0.4, -0.2) is 58.7 Å². The molecule has 0 aromatic carbocycles. The van der Waals surface area contributed by atoms with E-state index in [-0.39, 0.29) is 41.7 Å². The van der Waals surface area contributed by atoms with Crippen LogP contribution in [-0.2, 0) is 16.0 Å². The standard InChI is InChI=1S/C20H23FN4O4/c1-3-27-20(26)16-17(23-25-7-6-11(2)29-19(16)25)14-4-5-15(22-18(14)21)24-9-13-8-12(24)10-28-13/h4-5,11-13H,3,6-10H2,1-2H3/t11-,12-,13-/m1/s1. The molecule has 0 spiro atoms. The van der Waals surface area contributed by atoms with Gasteiger partial charge in [0.15, 0.2) is 0 Å². The second-order valence-electron chi connectivity index (χ2n) is 7.69. The first-order valence-electron chi connectivity index (χ1n) is 10.0. The van der Waals surface area contributed by atoms with Gasteiger partial charge in [-0.15, -0.1) is 0 Å². The first-order chi connectivity index (χ1) is 14.0. The summed E-state index contributed by atoms with van der Waals surface area (Å²) in [5.74, 6) is -0.334. The number of rotatable bonds is 4. The third-order valence-electron chi connectivity index (χ3n) is 5.73. The number of aryl methyl sites for hydroxylation is 1. The number of halogens is 1. The van der Waals surface area contributed by atoms with Crippen molar-refractivity contribution in [1.82, 2.24) is 14.8 Å². The van der Waals surface area contributed by atoms with Crippen molar-refractivity contribution in [3.05, 3.63) is 23.6 Å². The molecule has 5 heterocycles. The van der Waals surface area contributed by atoms with Gasteiger partial charge in [0.1, 0.15) is 17.1 Å². The van der Waals surface area contributed by atoms with Crippen LogP contribution in [0.1, 0.15) is 37.0 Å². The number of nitrogens with zero attached hydrogens (tertiary/aromatic N) is 4. The van der Waals surface area contributed by atoms with E-state index in [4.69, 9.17) is 14.2 Å². The third kappa shape index (κ3) is 3.04. The molecular formula is C20H23FN4O4. The molecule has 8 nitrogen and oxygen atoms in total. The SMILES string of the molecule is CCOC(=O)c1c(-c2ccc(N3C[C@H]4C[C@@H]3CO4)nc2F)nn2c1O[C@H](C)CC2. The maximum absolute atomic E-state index is 15.1. The van der Waals surface area contributed by atoms with Gasteiger partial charge in [-0.25, -0.2) is 14.5 Å². The van der Waals surface area contributed by atoms with Gasteiger partial charge in [0.25, 0.3) is 0 Å². The number of hydrogen-bond donors (Lipinski definition) is 0. The monoisotopic (exact) mass is 402 g/mol. The predicted octanol–water partition coefficient (Wildman–Crippen LogP) is 2.41. The van der Waals surface area contributed by atoms with Crippen molar-refractivity contribution in [3.8, 4) is 17.1 Å². The molecule has 0 aliphatic carbocycles. The lowest BCUT2D eigenvalue weighted by atomic mass is 10.1. The molecule has 2 bridgehead atoms.